The molecule has 0 saturated heterocycles. The lowest BCUT2D eigenvalue weighted by Crippen LogP contribution is -2.28. The van der Waals surface area contributed by atoms with Gasteiger partial charge in [0.25, 0.3) is 0 Å². The molecule has 0 radical (unpaired) electrons. The summed E-state index contributed by atoms with van der Waals surface area (Å²) >= 11 is 0. The first-order valence-corrected chi connectivity index (χ1v) is 4.80. The number of benzene rings is 1. The summed E-state index contributed by atoms with van der Waals surface area (Å²) < 4.78 is 0. The molecule has 0 amide bonds. The number of rotatable bonds is 5. The number of hydrogen-bond acceptors (Lipinski definition) is 2. The molecule has 0 aliphatic heterocycles. The molecule has 1 atom stereocenters. The van der Waals surface area contributed by atoms with E-state index in [1.165, 1.54) is 5.56 Å². The van der Waals surface area contributed by atoms with Gasteiger partial charge in [0.1, 0.15) is 0 Å². The maximum absolute atomic E-state index is 5.67. The second kappa shape index (κ2) is 6.20. The van der Waals surface area contributed by atoms with Crippen LogP contribution in [0.3, 0.4) is 0 Å². The molecule has 0 fully saturated rings. The molecule has 0 aliphatic carbocycles. The lowest BCUT2D eigenvalue weighted by Gasteiger charge is -2.16. The van der Waals surface area contributed by atoms with E-state index in [0.29, 0.717) is 6.54 Å². The fourth-order valence-corrected chi connectivity index (χ4v) is 1.34. The van der Waals surface area contributed by atoms with Gasteiger partial charge in [-0.2, -0.15) is 0 Å². The minimum Gasteiger partial charge on any atom is -0.329 e. The van der Waals surface area contributed by atoms with Gasteiger partial charge in [-0.3, -0.25) is 0 Å². The minimum atomic E-state index is 0.213. The van der Waals surface area contributed by atoms with Gasteiger partial charge < -0.3 is 11.1 Å². The summed E-state index contributed by atoms with van der Waals surface area (Å²) in [5, 5.41) is 3.32. The molecule has 0 aromatic heterocycles. The van der Waals surface area contributed by atoms with Crippen LogP contribution in [0.25, 0.3) is 0 Å². The summed E-state index contributed by atoms with van der Waals surface area (Å²) in [6, 6.07) is 10.4. The van der Waals surface area contributed by atoms with Gasteiger partial charge in [0.2, 0.25) is 0 Å². The average molecular weight is 188 g/mol. The molecule has 0 bridgehead atoms. The lowest BCUT2D eigenvalue weighted by atomic mass is 10.1. The minimum absolute atomic E-state index is 0.213. The van der Waals surface area contributed by atoms with Crippen molar-refractivity contribution in [3.63, 3.8) is 0 Å². The molecule has 74 valence electrons. The highest BCUT2D eigenvalue weighted by Gasteiger charge is 2.06. The van der Waals surface area contributed by atoms with E-state index in [4.69, 9.17) is 12.2 Å². The smallest absolute Gasteiger partial charge is 0.0444 e. The summed E-state index contributed by atoms with van der Waals surface area (Å²) in [7, 11) is 0. The molecule has 2 heteroatoms. The molecular formula is C12H16N2. The Labute approximate surface area is 85.5 Å². The van der Waals surface area contributed by atoms with Crippen LogP contribution in [0.15, 0.2) is 30.3 Å². The Morgan fingerprint density at radius 2 is 2.07 bits per heavy atom. The van der Waals surface area contributed by atoms with Crippen molar-refractivity contribution < 1.29 is 0 Å². The highest BCUT2D eigenvalue weighted by molar-refractivity contribution is 5.19. The van der Waals surface area contributed by atoms with E-state index in [0.717, 1.165) is 13.0 Å². The zero-order chi connectivity index (χ0) is 10.2. The molecule has 1 rings (SSSR count). The van der Waals surface area contributed by atoms with Crippen LogP contribution < -0.4 is 11.1 Å². The average Bonchev–Trinajstić information content (AvgIpc) is 2.26. The standard InChI is InChI=1S/C12H16N2/c1-2-3-9-14-12(10-13)11-7-5-4-6-8-11/h1,4-8,12,14H,3,9-10,13H2. The Kier molecular flexibility index (Phi) is 4.77. The highest BCUT2D eigenvalue weighted by atomic mass is 14.9. The number of hydrogen-bond donors (Lipinski definition) is 2. The van der Waals surface area contributed by atoms with Crippen LogP contribution in [-0.4, -0.2) is 13.1 Å². The molecule has 14 heavy (non-hydrogen) atoms. The SMILES string of the molecule is C#CCCNC(CN)c1ccccc1. The van der Waals surface area contributed by atoms with Gasteiger partial charge in [-0.25, -0.2) is 0 Å². The van der Waals surface area contributed by atoms with Crippen LogP contribution in [0.1, 0.15) is 18.0 Å². The first-order valence-electron chi connectivity index (χ1n) is 4.80. The summed E-state index contributed by atoms with van der Waals surface area (Å²) in [4.78, 5) is 0. The van der Waals surface area contributed by atoms with Crippen molar-refractivity contribution in [1.29, 1.82) is 0 Å². The van der Waals surface area contributed by atoms with E-state index in [9.17, 15) is 0 Å². The van der Waals surface area contributed by atoms with Crippen molar-refractivity contribution in [2.45, 2.75) is 12.5 Å². The Bertz CT molecular complexity index is 287. The normalized spacial score (nSPS) is 12.0. The third-order valence-corrected chi connectivity index (χ3v) is 2.10. The largest absolute Gasteiger partial charge is 0.329 e. The fourth-order valence-electron chi connectivity index (χ4n) is 1.34. The van der Waals surface area contributed by atoms with Crippen molar-refractivity contribution in [1.82, 2.24) is 5.32 Å². The van der Waals surface area contributed by atoms with E-state index >= 15 is 0 Å². The Balaban J connectivity index is 2.51. The van der Waals surface area contributed by atoms with Gasteiger partial charge in [0.15, 0.2) is 0 Å². The van der Waals surface area contributed by atoms with E-state index in [1.807, 2.05) is 18.2 Å². The summed E-state index contributed by atoms with van der Waals surface area (Å²) in [5.74, 6) is 2.60. The lowest BCUT2D eigenvalue weighted by molar-refractivity contribution is 0.551. The molecule has 0 heterocycles. The first kappa shape index (κ1) is 10.8. The Morgan fingerprint density at radius 1 is 1.36 bits per heavy atom. The molecule has 1 aromatic rings. The summed E-state index contributed by atoms with van der Waals surface area (Å²) in [5.41, 5.74) is 6.89. The second-order valence-corrected chi connectivity index (χ2v) is 3.11. The molecule has 3 N–H and O–H groups in total. The van der Waals surface area contributed by atoms with Gasteiger partial charge in [-0.15, -0.1) is 12.3 Å². The van der Waals surface area contributed by atoms with E-state index in [-0.39, 0.29) is 6.04 Å². The third-order valence-electron chi connectivity index (χ3n) is 2.10. The summed E-state index contributed by atoms with van der Waals surface area (Å²) in [6.07, 6.45) is 5.91. The van der Waals surface area contributed by atoms with Crippen LogP contribution in [0.5, 0.6) is 0 Å². The number of terminal acetylenes is 1. The van der Waals surface area contributed by atoms with Crippen LogP contribution in [0.2, 0.25) is 0 Å². The van der Waals surface area contributed by atoms with E-state index < -0.39 is 0 Å². The Morgan fingerprint density at radius 3 is 2.64 bits per heavy atom. The first-order chi connectivity index (χ1) is 6.88. The van der Waals surface area contributed by atoms with Gasteiger partial charge >= 0.3 is 0 Å². The van der Waals surface area contributed by atoms with Crippen LogP contribution in [0.4, 0.5) is 0 Å². The second-order valence-electron chi connectivity index (χ2n) is 3.11. The molecule has 1 unspecified atom stereocenters. The zero-order valence-electron chi connectivity index (χ0n) is 8.24. The maximum atomic E-state index is 5.67. The zero-order valence-corrected chi connectivity index (χ0v) is 8.24. The Hall–Kier alpha value is -1.30. The van der Waals surface area contributed by atoms with Gasteiger partial charge in [-0.05, 0) is 5.56 Å². The van der Waals surface area contributed by atoms with Crippen LogP contribution in [-0.2, 0) is 0 Å². The maximum Gasteiger partial charge on any atom is 0.0444 e. The van der Waals surface area contributed by atoms with Crippen molar-refractivity contribution in [2.24, 2.45) is 5.73 Å². The molecule has 0 spiro atoms. The van der Waals surface area contributed by atoms with Crippen molar-refractivity contribution in [3.8, 4) is 12.3 Å². The molecule has 2 nitrogen and oxygen atoms in total. The molecule has 0 saturated carbocycles. The topological polar surface area (TPSA) is 38.0 Å². The van der Waals surface area contributed by atoms with Crippen molar-refractivity contribution in [3.05, 3.63) is 35.9 Å². The molecular weight excluding hydrogens is 172 g/mol. The molecule has 1 aromatic carbocycles. The summed E-state index contributed by atoms with van der Waals surface area (Å²) in [6.45, 7) is 1.40. The molecule has 0 aliphatic rings. The van der Waals surface area contributed by atoms with E-state index in [2.05, 4.69) is 23.4 Å². The monoisotopic (exact) mass is 188 g/mol. The van der Waals surface area contributed by atoms with Crippen LogP contribution >= 0.6 is 0 Å². The van der Waals surface area contributed by atoms with Gasteiger partial charge in [0, 0.05) is 25.6 Å². The predicted octanol–water partition coefficient (Wildman–Crippen LogP) is 1.30. The number of nitrogens with one attached hydrogen (secondary N) is 1. The van der Waals surface area contributed by atoms with Crippen molar-refractivity contribution >= 4 is 0 Å². The van der Waals surface area contributed by atoms with Gasteiger partial charge in [-0.1, -0.05) is 30.3 Å². The van der Waals surface area contributed by atoms with E-state index in [1.54, 1.807) is 0 Å². The predicted molar refractivity (Wildman–Crippen MR) is 59.7 cm³/mol. The highest BCUT2D eigenvalue weighted by Crippen LogP contribution is 2.10. The number of nitrogens with two attached hydrogens (primary N) is 1. The van der Waals surface area contributed by atoms with Gasteiger partial charge in [0.05, 0.1) is 0 Å². The van der Waals surface area contributed by atoms with Crippen molar-refractivity contribution in [2.75, 3.05) is 13.1 Å². The van der Waals surface area contributed by atoms with Crippen LogP contribution in [0, 0.1) is 12.3 Å². The fraction of sp³-hybridized carbons (Fsp3) is 0.333. The third kappa shape index (κ3) is 3.21. The quantitative estimate of drug-likeness (QED) is 0.540.